The number of sulfone groups is 1. The summed E-state index contributed by atoms with van der Waals surface area (Å²) in [7, 11) is -3.64. The summed E-state index contributed by atoms with van der Waals surface area (Å²) in [6, 6.07) is 8.01. The van der Waals surface area contributed by atoms with Crippen molar-refractivity contribution < 1.29 is 17.9 Å². The van der Waals surface area contributed by atoms with Gasteiger partial charge in [0.05, 0.1) is 4.90 Å². The average molecular weight is 254 g/mol. The molecule has 3 atom stereocenters. The molecule has 0 amide bonds. The quantitative estimate of drug-likeness (QED) is 0.749. The molecule has 0 spiro atoms. The molecule has 0 unspecified atom stereocenters. The predicted molar refractivity (Wildman–Crippen MR) is 62.1 cm³/mol. The normalized spacial score (nSPS) is 29.1. The molecule has 1 heterocycles. The zero-order valence-corrected chi connectivity index (χ0v) is 10.5. The van der Waals surface area contributed by atoms with Crippen LogP contribution in [0.5, 0.6) is 0 Å². The number of carbonyl (C=O) groups is 1. The minimum atomic E-state index is -3.64. The molecule has 0 aliphatic carbocycles. The first-order valence-corrected chi connectivity index (χ1v) is 6.98. The first kappa shape index (κ1) is 12.1. The van der Waals surface area contributed by atoms with E-state index in [0.29, 0.717) is 0 Å². The van der Waals surface area contributed by atoms with E-state index in [1.54, 1.807) is 32.0 Å². The predicted octanol–water partition coefficient (Wildman–Crippen LogP) is 1.41. The molecule has 0 N–H and O–H groups in total. The lowest BCUT2D eigenvalue weighted by atomic mass is 10.1. The summed E-state index contributed by atoms with van der Waals surface area (Å²) in [5, 5.41) is -1.08. The third-order valence-electron chi connectivity index (χ3n) is 3.16. The first-order chi connectivity index (χ1) is 7.94. The number of ether oxygens (including phenoxy) is 1. The van der Waals surface area contributed by atoms with Crippen LogP contribution < -0.4 is 0 Å². The smallest absolute Gasteiger partial charge is 0.325 e. The second-order valence-electron chi connectivity index (χ2n) is 4.28. The molecular weight excluding hydrogens is 240 g/mol. The van der Waals surface area contributed by atoms with Gasteiger partial charge in [0.2, 0.25) is 0 Å². The van der Waals surface area contributed by atoms with Crippen LogP contribution in [-0.4, -0.2) is 25.7 Å². The number of rotatable bonds is 2. The minimum absolute atomic E-state index is 0.169. The highest BCUT2D eigenvalue weighted by Crippen LogP contribution is 2.31. The van der Waals surface area contributed by atoms with Crippen molar-refractivity contribution in [3.8, 4) is 0 Å². The SMILES string of the molecule is C[C@H]1[C@H](S(=O)(=O)c2ccccc2)C(=O)O[C@@H]1C. The van der Waals surface area contributed by atoms with Crippen molar-refractivity contribution in [1.82, 2.24) is 0 Å². The van der Waals surface area contributed by atoms with E-state index in [-0.39, 0.29) is 16.9 Å². The highest BCUT2D eigenvalue weighted by molar-refractivity contribution is 7.92. The topological polar surface area (TPSA) is 60.4 Å². The second-order valence-corrected chi connectivity index (χ2v) is 6.35. The Balaban J connectivity index is 2.44. The van der Waals surface area contributed by atoms with Crippen LogP contribution in [0.2, 0.25) is 0 Å². The van der Waals surface area contributed by atoms with E-state index in [0.717, 1.165) is 0 Å². The first-order valence-electron chi connectivity index (χ1n) is 5.44. The van der Waals surface area contributed by atoms with Gasteiger partial charge in [0.1, 0.15) is 6.10 Å². The van der Waals surface area contributed by atoms with Gasteiger partial charge < -0.3 is 4.74 Å². The molecule has 1 aliphatic rings. The Labute approximate surface area is 101 Å². The van der Waals surface area contributed by atoms with Crippen molar-refractivity contribution in [3.63, 3.8) is 0 Å². The third kappa shape index (κ3) is 1.95. The highest BCUT2D eigenvalue weighted by atomic mass is 32.2. The number of carbonyl (C=O) groups excluding carboxylic acids is 1. The summed E-state index contributed by atoms with van der Waals surface area (Å²) < 4.78 is 29.6. The number of esters is 1. The molecule has 1 aromatic rings. The number of hydrogen-bond acceptors (Lipinski definition) is 4. The molecule has 0 aromatic heterocycles. The van der Waals surface area contributed by atoms with E-state index in [1.165, 1.54) is 12.1 Å². The van der Waals surface area contributed by atoms with E-state index >= 15 is 0 Å². The molecule has 5 heteroatoms. The molecule has 1 aliphatic heterocycles. The molecule has 92 valence electrons. The summed E-state index contributed by atoms with van der Waals surface area (Å²) in [4.78, 5) is 11.8. The van der Waals surface area contributed by atoms with Crippen molar-refractivity contribution in [2.45, 2.75) is 30.1 Å². The maximum atomic E-state index is 12.3. The standard InChI is InChI=1S/C12H14O4S/c1-8-9(2)16-12(13)11(8)17(14,15)10-6-4-3-5-7-10/h3-9,11H,1-2H3/t8-,9-,11+/m1/s1. The van der Waals surface area contributed by atoms with Gasteiger partial charge in [-0.3, -0.25) is 4.79 Å². The Bertz CT molecular complexity index is 521. The van der Waals surface area contributed by atoms with Gasteiger partial charge in [0.25, 0.3) is 0 Å². The highest BCUT2D eigenvalue weighted by Gasteiger charge is 2.48. The summed E-state index contributed by atoms with van der Waals surface area (Å²) in [6.07, 6.45) is -0.356. The zero-order valence-electron chi connectivity index (χ0n) is 9.66. The van der Waals surface area contributed by atoms with E-state index in [4.69, 9.17) is 4.74 Å². The van der Waals surface area contributed by atoms with Crippen LogP contribution in [0.1, 0.15) is 13.8 Å². The van der Waals surface area contributed by atoms with Gasteiger partial charge in [-0.1, -0.05) is 25.1 Å². The summed E-state index contributed by atoms with van der Waals surface area (Å²) in [5.74, 6) is -0.971. The Hall–Kier alpha value is -1.36. The molecule has 2 rings (SSSR count). The lowest BCUT2D eigenvalue weighted by Gasteiger charge is -2.13. The fourth-order valence-corrected chi connectivity index (χ4v) is 3.91. The second kappa shape index (κ2) is 4.14. The molecule has 4 nitrogen and oxygen atoms in total. The average Bonchev–Trinajstić information content (AvgIpc) is 2.54. The van der Waals surface area contributed by atoms with Crippen LogP contribution in [0.25, 0.3) is 0 Å². The van der Waals surface area contributed by atoms with Crippen molar-refractivity contribution in [3.05, 3.63) is 30.3 Å². The summed E-state index contributed by atoms with van der Waals surface area (Å²) in [5.41, 5.74) is 0. The largest absolute Gasteiger partial charge is 0.461 e. The summed E-state index contributed by atoms with van der Waals surface area (Å²) >= 11 is 0. The van der Waals surface area contributed by atoms with Crippen LogP contribution in [-0.2, 0) is 19.4 Å². The fourth-order valence-electron chi connectivity index (χ4n) is 1.98. The van der Waals surface area contributed by atoms with Crippen LogP contribution >= 0.6 is 0 Å². The molecule has 1 fully saturated rings. The lowest BCUT2D eigenvalue weighted by molar-refractivity contribution is -0.140. The van der Waals surface area contributed by atoms with Crippen molar-refractivity contribution >= 4 is 15.8 Å². The van der Waals surface area contributed by atoms with E-state index < -0.39 is 21.1 Å². The van der Waals surface area contributed by atoms with Gasteiger partial charge in [-0.25, -0.2) is 8.42 Å². The van der Waals surface area contributed by atoms with Gasteiger partial charge >= 0.3 is 5.97 Å². The molecule has 0 saturated carbocycles. The molecule has 0 radical (unpaired) electrons. The van der Waals surface area contributed by atoms with E-state index in [2.05, 4.69) is 0 Å². The Morgan fingerprint density at radius 1 is 1.12 bits per heavy atom. The van der Waals surface area contributed by atoms with Crippen molar-refractivity contribution in [1.29, 1.82) is 0 Å². The molecule has 1 aromatic carbocycles. The van der Waals surface area contributed by atoms with Crippen LogP contribution in [0.4, 0.5) is 0 Å². The number of hydrogen-bond donors (Lipinski definition) is 0. The van der Waals surface area contributed by atoms with Gasteiger partial charge in [0.15, 0.2) is 15.1 Å². The Morgan fingerprint density at radius 3 is 2.18 bits per heavy atom. The molecule has 17 heavy (non-hydrogen) atoms. The van der Waals surface area contributed by atoms with Crippen molar-refractivity contribution in [2.75, 3.05) is 0 Å². The Morgan fingerprint density at radius 2 is 1.71 bits per heavy atom. The van der Waals surface area contributed by atoms with Crippen molar-refractivity contribution in [2.24, 2.45) is 5.92 Å². The van der Waals surface area contributed by atoms with Gasteiger partial charge in [0, 0.05) is 5.92 Å². The van der Waals surface area contributed by atoms with E-state index in [9.17, 15) is 13.2 Å². The van der Waals surface area contributed by atoms with Crippen LogP contribution in [0.15, 0.2) is 35.2 Å². The fraction of sp³-hybridized carbons (Fsp3) is 0.417. The molecule has 1 saturated heterocycles. The monoisotopic (exact) mass is 254 g/mol. The lowest BCUT2D eigenvalue weighted by Crippen LogP contribution is -2.31. The van der Waals surface area contributed by atoms with Crippen LogP contribution in [0, 0.1) is 5.92 Å². The minimum Gasteiger partial charge on any atom is -0.461 e. The molecule has 0 bridgehead atoms. The zero-order chi connectivity index (χ0) is 12.6. The van der Waals surface area contributed by atoms with E-state index in [1.807, 2.05) is 0 Å². The number of benzene rings is 1. The summed E-state index contributed by atoms with van der Waals surface area (Å²) in [6.45, 7) is 3.43. The number of cyclic esters (lactones) is 1. The van der Waals surface area contributed by atoms with Crippen LogP contribution in [0.3, 0.4) is 0 Å². The maximum Gasteiger partial charge on any atom is 0.325 e. The van der Waals surface area contributed by atoms with Gasteiger partial charge in [-0.2, -0.15) is 0 Å². The Kier molecular flexibility index (Phi) is 2.95. The molecular formula is C12H14O4S. The maximum absolute atomic E-state index is 12.3. The van der Waals surface area contributed by atoms with Gasteiger partial charge in [-0.15, -0.1) is 0 Å². The third-order valence-corrected chi connectivity index (χ3v) is 5.38. The van der Waals surface area contributed by atoms with Gasteiger partial charge in [-0.05, 0) is 19.1 Å².